The van der Waals surface area contributed by atoms with Crippen LogP contribution < -0.4 is 10.6 Å². The summed E-state index contributed by atoms with van der Waals surface area (Å²) >= 11 is 0. The first kappa shape index (κ1) is 17.4. The third-order valence-electron chi connectivity index (χ3n) is 2.69. The van der Waals surface area contributed by atoms with E-state index < -0.39 is 0 Å². The monoisotopic (exact) mass is 260 g/mol. The van der Waals surface area contributed by atoms with Crippen LogP contribution in [0.3, 0.4) is 0 Å². The van der Waals surface area contributed by atoms with Crippen molar-refractivity contribution in [2.24, 2.45) is 0 Å². The summed E-state index contributed by atoms with van der Waals surface area (Å²) in [6, 6.07) is 0.393. The summed E-state index contributed by atoms with van der Waals surface area (Å²) in [5.74, 6) is 0.0654. The number of rotatable bonds is 12. The molecule has 18 heavy (non-hydrogen) atoms. The average Bonchev–Trinajstić information content (AvgIpc) is 2.39. The minimum absolute atomic E-state index is 0.0654. The van der Waals surface area contributed by atoms with Gasteiger partial charge in [-0.2, -0.15) is 0 Å². The van der Waals surface area contributed by atoms with Crippen LogP contribution in [-0.2, 0) is 14.3 Å². The van der Waals surface area contributed by atoms with E-state index in [9.17, 15) is 4.79 Å². The van der Waals surface area contributed by atoms with Crippen molar-refractivity contribution in [3.8, 4) is 0 Å². The molecular weight excluding hydrogens is 232 g/mol. The van der Waals surface area contributed by atoms with E-state index in [0.717, 1.165) is 25.9 Å². The third-order valence-corrected chi connectivity index (χ3v) is 2.69. The second kappa shape index (κ2) is 12.8. The summed E-state index contributed by atoms with van der Waals surface area (Å²) in [4.78, 5) is 11.4. The number of hydrogen-bond donors (Lipinski definition) is 2. The predicted molar refractivity (Wildman–Crippen MR) is 72.7 cm³/mol. The van der Waals surface area contributed by atoms with Crippen LogP contribution in [0.15, 0.2) is 0 Å². The van der Waals surface area contributed by atoms with E-state index in [-0.39, 0.29) is 5.91 Å². The van der Waals surface area contributed by atoms with E-state index in [0.29, 0.717) is 32.3 Å². The van der Waals surface area contributed by atoms with E-state index in [1.54, 1.807) is 7.11 Å². The molecule has 0 saturated carbocycles. The molecule has 5 heteroatoms. The zero-order chi connectivity index (χ0) is 13.6. The maximum Gasteiger partial charge on any atom is 0.233 e. The molecule has 0 rings (SSSR count). The second-order valence-electron chi connectivity index (χ2n) is 4.35. The van der Waals surface area contributed by atoms with Gasteiger partial charge in [0.1, 0.15) is 0 Å². The Hall–Kier alpha value is -0.650. The fourth-order valence-corrected chi connectivity index (χ4v) is 1.28. The minimum atomic E-state index is 0.0654. The van der Waals surface area contributed by atoms with Gasteiger partial charge < -0.3 is 20.1 Å². The fourth-order valence-electron chi connectivity index (χ4n) is 1.28. The molecule has 0 spiro atoms. The standard InChI is InChI=1S/C13H28N2O3/c1-4-12(2)15-11-13(16)14-7-5-6-8-18-10-9-17-3/h12,15H,4-11H2,1-3H3,(H,14,16). The van der Waals surface area contributed by atoms with Crippen molar-refractivity contribution in [2.75, 3.05) is 40.0 Å². The number of unbranched alkanes of at least 4 members (excludes halogenated alkanes) is 1. The van der Waals surface area contributed by atoms with Crippen LogP contribution in [0.5, 0.6) is 0 Å². The molecule has 0 bridgehead atoms. The van der Waals surface area contributed by atoms with Gasteiger partial charge in [0.05, 0.1) is 19.8 Å². The van der Waals surface area contributed by atoms with Crippen LogP contribution in [0, 0.1) is 0 Å². The Morgan fingerprint density at radius 1 is 1.22 bits per heavy atom. The molecular formula is C13H28N2O3. The summed E-state index contributed by atoms with van der Waals surface area (Å²) in [5, 5.41) is 6.04. The number of carbonyl (C=O) groups is 1. The molecule has 0 aliphatic carbocycles. The predicted octanol–water partition coefficient (Wildman–Crippen LogP) is 0.934. The lowest BCUT2D eigenvalue weighted by Crippen LogP contribution is -2.38. The van der Waals surface area contributed by atoms with Crippen LogP contribution in [-0.4, -0.2) is 52.0 Å². The van der Waals surface area contributed by atoms with Gasteiger partial charge in [-0.15, -0.1) is 0 Å². The number of methoxy groups -OCH3 is 1. The zero-order valence-electron chi connectivity index (χ0n) is 12.0. The largest absolute Gasteiger partial charge is 0.382 e. The van der Waals surface area contributed by atoms with Crippen molar-refractivity contribution >= 4 is 5.91 Å². The topological polar surface area (TPSA) is 59.6 Å². The zero-order valence-corrected chi connectivity index (χ0v) is 12.0. The van der Waals surface area contributed by atoms with Crippen molar-refractivity contribution < 1.29 is 14.3 Å². The Morgan fingerprint density at radius 3 is 2.67 bits per heavy atom. The van der Waals surface area contributed by atoms with E-state index in [1.165, 1.54) is 0 Å². The van der Waals surface area contributed by atoms with Crippen molar-refractivity contribution in [1.82, 2.24) is 10.6 Å². The summed E-state index contributed by atoms with van der Waals surface area (Å²) in [6.07, 6.45) is 2.94. The average molecular weight is 260 g/mol. The number of hydrogen-bond acceptors (Lipinski definition) is 4. The Labute approximate surface area is 111 Å². The molecule has 0 aliphatic rings. The summed E-state index contributed by atoms with van der Waals surface area (Å²) in [7, 11) is 1.66. The van der Waals surface area contributed by atoms with Gasteiger partial charge in [0.15, 0.2) is 0 Å². The Kier molecular flexibility index (Phi) is 12.3. The Balaban J connectivity index is 3.20. The molecule has 1 unspecified atom stereocenters. The van der Waals surface area contributed by atoms with Gasteiger partial charge in [-0.25, -0.2) is 0 Å². The molecule has 0 radical (unpaired) electrons. The lowest BCUT2D eigenvalue weighted by atomic mass is 10.2. The minimum Gasteiger partial charge on any atom is -0.382 e. The first-order valence-corrected chi connectivity index (χ1v) is 6.77. The maximum absolute atomic E-state index is 11.4. The molecule has 0 saturated heterocycles. The van der Waals surface area contributed by atoms with Crippen molar-refractivity contribution in [3.05, 3.63) is 0 Å². The number of amides is 1. The maximum atomic E-state index is 11.4. The van der Waals surface area contributed by atoms with E-state index >= 15 is 0 Å². The second-order valence-corrected chi connectivity index (χ2v) is 4.35. The number of ether oxygens (including phenoxy) is 2. The third kappa shape index (κ3) is 11.8. The summed E-state index contributed by atoms with van der Waals surface area (Å²) in [6.45, 7) is 7.29. The lowest BCUT2D eigenvalue weighted by Gasteiger charge is -2.11. The van der Waals surface area contributed by atoms with Crippen LogP contribution in [0.4, 0.5) is 0 Å². The van der Waals surface area contributed by atoms with Gasteiger partial charge in [0.2, 0.25) is 5.91 Å². The number of carbonyl (C=O) groups excluding carboxylic acids is 1. The molecule has 0 aromatic carbocycles. The molecule has 1 amide bonds. The highest BCUT2D eigenvalue weighted by molar-refractivity contribution is 5.77. The van der Waals surface area contributed by atoms with Crippen molar-refractivity contribution in [3.63, 3.8) is 0 Å². The van der Waals surface area contributed by atoms with E-state index in [4.69, 9.17) is 9.47 Å². The smallest absolute Gasteiger partial charge is 0.233 e. The van der Waals surface area contributed by atoms with Crippen LogP contribution in [0.1, 0.15) is 33.1 Å². The van der Waals surface area contributed by atoms with Gasteiger partial charge in [0.25, 0.3) is 0 Å². The molecule has 5 nitrogen and oxygen atoms in total. The molecule has 0 aromatic heterocycles. The first-order chi connectivity index (χ1) is 8.70. The van der Waals surface area contributed by atoms with Crippen molar-refractivity contribution in [1.29, 1.82) is 0 Å². The van der Waals surface area contributed by atoms with Crippen LogP contribution in [0.25, 0.3) is 0 Å². The highest BCUT2D eigenvalue weighted by Crippen LogP contribution is 1.89. The first-order valence-electron chi connectivity index (χ1n) is 6.77. The van der Waals surface area contributed by atoms with Crippen molar-refractivity contribution in [2.45, 2.75) is 39.2 Å². The summed E-state index contributed by atoms with van der Waals surface area (Å²) < 4.78 is 10.2. The molecule has 0 heterocycles. The van der Waals surface area contributed by atoms with Crippen LogP contribution in [0.2, 0.25) is 0 Å². The number of nitrogens with one attached hydrogen (secondary N) is 2. The SMILES string of the molecule is CCC(C)NCC(=O)NCCCCOCCOC. The van der Waals surface area contributed by atoms with Crippen LogP contribution >= 0.6 is 0 Å². The fraction of sp³-hybridized carbons (Fsp3) is 0.923. The molecule has 0 aromatic rings. The van der Waals surface area contributed by atoms with Gasteiger partial charge in [-0.05, 0) is 26.2 Å². The van der Waals surface area contributed by atoms with Gasteiger partial charge in [0, 0.05) is 26.3 Å². The highest BCUT2D eigenvalue weighted by atomic mass is 16.5. The molecule has 0 fully saturated rings. The summed E-state index contributed by atoms with van der Waals surface area (Å²) in [5.41, 5.74) is 0. The molecule has 0 aliphatic heterocycles. The Morgan fingerprint density at radius 2 is 2.00 bits per heavy atom. The highest BCUT2D eigenvalue weighted by Gasteiger charge is 2.02. The molecule has 108 valence electrons. The van der Waals surface area contributed by atoms with Gasteiger partial charge in [-0.1, -0.05) is 6.92 Å². The van der Waals surface area contributed by atoms with E-state index in [2.05, 4.69) is 24.5 Å². The normalized spacial score (nSPS) is 12.4. The molecule has 2 N–H and O–H groups in total. The lowest BCUT2D eigenvalue weighted by molar-refractivity contribution is -0.120. The molecule has 1 atom stereocenters. The van der Waals surface area contributed by atoms with E-state index in [1.807, 2.05) is 0 Å². The van der Waals surface area contributed by atoms with Gasteiger partial charge >= 0.3 is 0 Å². The quantitative estimate of drug-likeness (QED) is 0.513. The Bertz CT molecular complexity index is 201. The van der Waals surface area contributed by atoms with Gasteiger partial charge in [-0.3, -0.25) is 4.79 Å².